The predicted molar refractivity (Wildman–Crippen MR) is 112 cm³/mol. The highest BCUT2D eigenvalue weighted by atomic mass is 35.5. The van der Waals surface area contributed by atoms with Crippen molar-refractivity contribution in [3.8, 4) is 0 Å². The molecule has 0 spiro atoms. The number of benzene rings is 2. The summed E-state index contributed by atoms with van der Waals surface area (Å²) in [5.74, 6) is -0.550. The Labute approximate surface area is 172 Å². The molecule has 1 heterocycles. The molecular formula is C21H19ClN2O3S. The average molecular weight is 415 g/mol. The molecule has 0 aliphatic carbocycles. The number of rotatable bonds is 6. The molecule has 0 aromatic heterocycles. The fraction of sp³-hybridized carbons (Fsp3) is 0.190. The second-order valence-corrected chi connectivity index (χ2v) is 7.76. The molecule has 0 saturated carbocycles. The van der Waals surface area contributed by atoms with Crippen LogP contribution in [0.3, 0.4) is 0 Å². The number of hydrogen-bond donors (Lipinski definition) is 1. The lowest BCUT2D eigenvalue weighted by Gasteiger charge is -2.13. The molecular weight excluding hydrogens is 396 g/mol. The minimum atomic E-state index is -0.337. The van der Waals surface area contributed by atoms with Gasteiger partial charge in [0.25, 0.3) is 11.1 Å². The summed E-state index contributed by atoms with van der Waals surface area (Å²) >= 11 is 6.96. The molecule has 28 heavy (non-hydrogen) atoms. The molecule has 2 aromatic carbocycles. The van der Waals surface area contributed by atoms with Crippen LogP contribution in [0.15, 0.2) is 53.4 Å². The van der Waals surface area contributed by atoms with Crippen LogP contribution in [-0.2, 0) is 16.0 Å². The van der Waals surface area contributed by atoms with Gasteiger partial charge in [-0.05, 0) is 42.0 Å². The third kappa shape index (κ3) is 5.03. The van der Waals surface area contributed by atoms with E-state index in [1.807, 2.05) is 37.3 Å². The van der Waals surface area contributed by atoms with Crippen LogP contribution in [0, 0.1) is 6.92 Å². The summed E-state index contributed by atoms with van der Waals surface area (Å²) in [5.41, 5.74) is 2.72. The second-order valence-electron chi connectivity index (χ2n) is 6.36. The molecule has 1 fully saturated rings. The number of amides is 3. The van der Waals surface area contributed by atoms with Gasteiger partial charge in [-0.15, -0.1) is 0 Å². The van der Waals surface area contributed by atoms with Gasteiger partial charge in [0.05, 0.1) is 11.3 Å². The third-order valence-electron chi connectivity index (χ3n) is 4.22. The van der Waals surface area contributed by atoms with Crippen LogP contribution >= 0.6 is 23.4 Å². The molecule has 3 rings (SSSR count). The Morgan fingerprint density at radius 1 is 1.14 bits per heavy atom. The molecule has 1 aliphatic rings. The van der Waals surface area contributed by atoms with E-state index in [0.717, 1.165) is 33.4 Å². The number of thioether (sulfide) groups is 1. The van der Waals surface area contributed by atoms with Crippen LogP contribution in [0.4, 0.5) is 4.79 Å². The number of aryl methyl sites for hydroxylation is 1. The van der Waals surface area contributed by atoms with Crippen molar-refractivity contribution in [3.63, 3.8) is 0 Å². The first kappa shape index (κ1) is 20.2. The summed E-state index contributed by atoms with van der Waals surface area (Å²) in [6.45, 7) is 2.31. The van der Waals surface area contributed by atoms with E-state index in [-0.39, 0.29) is 36.6 Å². The average Bonchev–Trinajstić information content (AvgIpc) is 2.93. The van der Waals surface area contributed by atoms with Gasteiger partial charge in [-0.25, -0.2) is 0 Å². The number of nitrogens with one attached hydrogen (secondary N) is 1. The lowest BCUT2D eigenvalue weighted by Crippen LogP contribution is -2.37. The number of halogens is 1. The van der Waals surface area contributed by atoms with Crippen molar-refractivity contribution in [2.45, 2.75) is 13.3 Å². The first-order valence-corrected chi connectivity index (χ1v) is 9.95. The zero-order valence-corrected chi connectivity index (χ0v) is 16.8. The molecule has 1 aliphatic heterocycles. The second kappa shape index (κ2) is 9.08. The molecule has 0 bridgehead atoms. The minimum absolute atomic E-state index is 0.129. The quantitative estimate of drug-likeness (QED) is 0.724. The molecule has 3 amide bonds. The van der Waals surface area contributed by atoms with Crippen LogP contribution in [0.2, 0.25) is 5.02 Å². The first-order chi connectivity index (χ1) is 13.4. The van der Waals surface area contributed by atoms with Crippen LogP contribution in [-0.4, -0.2) is 35.0 Å². The number of carbonyl (C=O) groups is 3. The van der Waals surface area contributed by atoms with Crippen LogP contribution in [0.5, 0.6) is 0 Å². The van der Waals surface area contributed by atoms with E-state index in [4.69, 9.17) is 11.6 Å². The fourth-order valence-electron chi connectivity index (χ4n) is 2.69. The van der Waals surface area contributed by atoms with E-state index in [2.05, 4.69) is 5.32 Å². The fourth-order valence-corrected chi connectivity index (χ4v) is 3.76. The van der Waals surface area contributed by atoms with E-state index in [9.17, 15) is 14.4 Å². The Kier molecular flexibility index (Phi) is 6.54. The monoisotopic (exact) mass is 414 g/mol. The van der Waals surface area contributed by atoms with Gasteiger partial charge in [0.2, 0.25) is 5.91 Å². The Morgan fingerprint density at radius 2 is 1.86 bits per heavy atom. The Balaban J connectivity index is 1.54. The van der Waals surface area contributed by atoms with Gasteiger partial charge in [0, 0.05) is 18.1 Å². The molecule has 144 valence electrons. The highest BCUT2D eigenvalue weighted by Gasteiger charge is 2.34. The molecule has 5 nitrogen and oxygen atoms in total. The summed E-state index contributed by atoms with van der Waals surface area (Å²) in [7, 11) is 0. The van der Waals surface area contributed by atoms with Crippen molar-refractivity contribution < 1.29 is 14.4 Å². The zero-order chi connectivity index (χ0) is 20.1. The van der Waals surface area contributed by atoms with Crippen LogP contribution in [0.25, 0.3) is 6.08 Å². The number of imide groups is 1. The van der Waals surface area contributed by atoms with Crippen molar-refractivity contribution in [3.05, 3.63) is 75.1 Å². The molecule has 1 N–H and O–H groups in total. The maximum atomic E-state index is 12.5. The van der Waals surface area contributed by atoms with Crippen molar-refractivity contribution >= 4 is 46.5 Å². The van der Waals surface area contributed by atoms with Crippen LogP contribution in [0.1, 0.15) is 16.7 Å². The molecule has 2 aromatic rings. The Morgan fingerprint density at radius 3 is 2.57 bits per heavy atom. The van der Waals surface area contributed by atoms with Crippen LogP contribution < -0.4 is 5.32 Å². The maximum Gasteiger partial charge on any atom is 0.293 e. The van der Waals surface area contributed by atoms with Crippen molar-refractivity contribution in [2.75, 3.05) is 13.1 Å². The SMILES string of the molecule is Cc1ccc(/C=C2\SC(=O)N(CCNC(=O)Cc3ccccc3Cl)C2=O)cc1. The van der Waals surface area contributed by atoms with Crippen molar-refractivity contribution in [1.82, 2.24) is 10.2 Å². The summed E-state index contributed by atoms with van der Waals surface area (Å²) < 4.78 is 0. The largest absolute Gasteiger partial charge is 0.354 e. The topological polar surface area (TPSA) is 66.5 Å². The number of hydrogen-bond acceptors (Lipinski definition) is 4. The smallest absolute Gasteiger partial charge is 0.293 e. The van der Waals surface area contributed by atoms with Gasteiger partial charge in [0.15, 0.2) is 0 Å². The predicted octanol–water partition coefficient (Wildman–Crippen LogP) is 4.04. The molecule has 1 saturated heterocycles. The zero-order valence-electron chi connectivity index (χ0n) is 15.3. The molecule has 0 atom stereocenters. The maximum absolute atomic E-state index is 12.5. The van der Waals surface area contributed by atoms with E-state index in [1.165, 1.54) is 0 Å². The molecule has 0 radical (unpaired) electrons. The van der Waals surface area contributed by atoms with Crippen molar-refractivity contribution in [2.24, 2.45) is 0 Å². The van der Waals surface area contributed by atoms with Gasteiger partial charge < -0.3 is 5.32 Å². The lowest BCUT2D eigenvalue weighted by molar-refractivity contribution is -0.124. The van der Waals surface area contributed by atoms with Gasteiger partial charge in [-0.3, -0.25) is 19.3 Å². The van der Waals surface area contributed by atoms with Crippen molar-refractivity contribution in [1.29, 1.82) is 0 Å². The minimum Gasteiger partial charge on any atom is -0.354 e. The first-order valence-electron chi connectivity index (χ1n) is 8.76. The van der Waals surface area contributed by atoms with E-state index >= 15 is 0 Å². The highest BCUT2D eigenvalue weighted by Crippen LogP contribution is 2.31. The third-order valence-corrected chi connectivity index (χ3v) is 5.49. The van der Waals surface area contributed by atoms with Gasteiger partial charge >= 0.3 is 0 Å². The number of carbonyl (C=O) groups excluding carboxylic acids is 3. The number of nitrogens with zero attached hydrogens (tertiary/aromatic N) is 1. The van der Waals surface area contributed by atoms with E-state index in [0.29, 0.717) is 9.93 Å². The summed E-state index contributed by atoms with van der Waals surface area (Å²) in [6.07, 6.45) is 1.86. The standard InChI is InChI=1S/C21H19ClN2O3S/c1-14-6-8-15(9-7-14)12-18-20(26)24(21(27)28-18)11-10-23-19(25)13-16-4-2-3-5-17(16)22/h2-9,12H,10-11,13H2,1H3,(H,23,25)/b18-12-. The summed E-state index contributed by atoms with van der Waals surface area (Å²) in [6, 6.07) is 14.8. The molecule has 7 heteroatoms. The van der Waals surface area contributed by atoms with E-state index < -0.39 is 0 Å². The lowest BCUT2D eigenvalue weighted by atomic mass is 10.1. The Hall–Kier alpha value is -2.57. The van der Waals surface area contributed by atoms with Gasteiger partial charge in [0.1, 0.15) is 0 Å². The van der Waals surface area contributed by atoms with Gasteiger partial charge in [-0.1, -0.05) is 59.6 Å². The normalized spacial score (nSPS) is 15.4. The summed E-state index contributed by atoms with van der Waals surface area (Å²) in [5, 5.41) is 2.93. The highest BCUT2D eigenvalue weighted by molar-refractivity contribution is 8.18. The Bertz CT molecular complexity index is 941. The molecule has 0 unspecified atom stereocenters. The van der Waals surface area contributed by atoms with Gasteiger partial charge in [-0.2, -0.15) is 0 Å². The van der Waals surface area contributed by atoms with E-state index in [1.54, 1.807) is 24.3 Å². The summed E-state index contributed by atoms with van der Waals surface area (Å²) in [4.78, 5) is 38.2.